The second-order valence-corrected chi connectivity index (χ2v) is 7.60. The SMILES string of the molecule is [B]C([B])([B])n1cc(-c2ccc3cnc(NC(=O)[C@H](C)N4CCCC4)cc3c2)cn1. The van der Waals surface area contributed by atoms with E-state index in [1.807, 2.05) is 31.2 Å². The molecule has 3 heterocycles. The fraction of sp³-hybridized carbons (Fsp3) is 0.350. The second kappa shape index (κ2) is 7.71. The van der Waals surface area contributed by atoms with Crippen molar-refractivity contribution in [2.45, 2.75) is 31.0 Å². The number of benzene rings is 1. The van der Waals surface area contributed by atoms with E-state index < -0.39 is 5.24 Å². The molecule has 1 aromatic carbocycles. The van der Waals surface area contributed by atoms with E-state index in [2.05, 4.69) is 20.3 Å². The quantitative estimate of drug-likeness (QED) is 0.685. The lowest BCUT2D eigenvalue weighted by molar-refractivity contribution is -0.120. The Labute approximate surface area is 174 Å². The van der Waals surface area contributed by atoms with Crippen LogP contribution in [0.5, 0.6) is 0 Å². The summed E-state index contributed by atoms with van der Waals surface area (Å²) in [6.45, 7) is 3.86. The third kappa shape index (κ3) is 4.25. The molecule has 140 valence electrons. The Kier molecular flexibility index (Phi) is 5.25. The van der Waals surface area contributed by atoms with Gasteiger partial charge in [-0.15, -0.1) is 0 Å². The molecule has 1 N–H and O–H groups in total. The van der Waals surface area contributed by atoms with Gasteiger partial charge in [-0.25, -0.2) is 4.98 Å². The predicted molar refractivity (Wildman–Crippen MR) is 117 cm³/mol. The Bertz CT molecular complexity index is 1040. The number of rotatable bonds is 5. The molecule has 0 saturated carbocycles. The number of nitrogens with zero attached hydrogens (tertiary/aromatic N) is 4. The summed E-state index contributed by atoms with van der Waals surface area (Å²) in [5.41, 5.74) is 1.77. The zero-order valence-corrected chi connectivity index (χ0v) is 16.4. The highest BCUT2D eigenvalue weighted by atomic mass is 16.2. The molecule has 0 unspecified atom stereocenters. The summed E-state index contributed by atoms with van der Waals surface area (Å²) in [6.07, 6.45) is 7.39. The first kappa shape index (κ1) is 19.8. The van der Waals surface area contributed by atoms with Crippen LogP contribution in [0.2, 0.25) is 0 Å². The number of anilines is 1. The number of nitrogens with one attached hydrogen (secondary N) is 1. The van der Waals surface area contributed by atoms with Gasteiger partial charge in [0.25, 0.3) is 0 Å². The third-order valence-corrected chi connectivity index (χ3v) is 5.35. The molecule has 1 fully saturated rings. The molecule has 1 saturated heterocycles. The zero-order chi connectivity index (χ0) is 20.6. The number of pyridine rings is 1. The van der Waals surface area contributed by atoms with Gasteiger partial charge in [-0.05, 0) is 61.2 Å². The Morgan fingerprint density at radius 1 is 1.10 bits per heavy atom. The lowest BCUT2D eigenvalue weighted by atomic mass is 9.49. The molecule has 1 atom stereocenters. The van der Waals surface area contributed by atoms with Crippen LogP contribution in [0.15, 0.2) is 42.9 Å². The van der Waals surface area contributed by atoms with Crippen LogP contribution in [0.3, 0.4) is 0 Å². The van der Waals surface area contributed by atoms with Crippen LogP contribution in [0.25, 0.3) is 21.9 Å². The summed E-state index contributed by atoms with van der Waals surface area (Å²) in [7, 11) is 17.0. The highest BCUT2D eigenvalue weighted by molar-refractivity contribution is 6.56. The number of likely N-dealkylation sites (tertiary alicyclic amines) is 1. The minimum absolute atomic E-state index is 0.0404. The normalized spacial score (nSPS) is 16.2. The number of carbonyl (C=O) groups is 1. The van der Waals surface area contributed by atoms with E-state index in [4.69, 9.17) is 23.5 Å². The topological polar surface area (TPSA) is 63.1 Å². The molecule has 4 rings (SSSR count). The van der Waals surface area contributed by atoms with Crippen molar-refractivity contribution in [2.75, 3.05) is 18.4 Å². The minimum atomic E-state index is -1.55. The summed E-state index contributed by atoms with van der Waals surface area (Å²) in [5, 5.41) is 7.43. The summed E-state index contributed by atoms with van der Waals surface area (Å²) >= 11 is 0. The molecular formula is C20H20B3N5O. The van der Waals surface area contributed by atoms with Gasteiger partial charge in [-0.3, -0.25) is 14.4 Å². The summed E-state index contributed by atoms with van der Waals surface area (Å²) in [4.78, 5) is 19.2. The number of hydrogen-bond acceptors (Lipinski definition) is 4. The maximum absolute atomic E-state index is 12.6. The molecule has 3 aromatic rings. The fourth-order valence-electron chi connectivity index (χ4n) is 3.60. The lowest BCUT2D eigenvalue weighted by Crippen LogP contribution is -2.40. The standard InChI is InChI=1S/C20H20B3N5O/c1-13(27-6-2-3-7-27)19(29)26-18-9-16-8-14(4-5-15(16)10-24-18)17-11-25-28(12-17)20(21,22)23/h4-5,8-13H,2-3,6-7H2,1H3,(H,24,26,29)/t13-/m0/s1. The first-order valence-electron chi connectivity index (χ1n) is 9.68. The van der Waals surface area contributed by atoms with Gasteiger partial charge in [0.2, 0.25) is 5.91 Å². The van der Waals surface area contributed by atoms with Crippen molar-refractivity contribution < 1.29 is 4.79 Å². The van der Waals surface area contributed by atoms with Gasteiger partial charge >= 0.3 is 0 Å². The number of amides is 1. The van der Waals surface area contributed by atoms with E-state index >= 15 is 0 Å². The fourth-order valence-corrected chi connectivity index (χ4v) is 3.60. The first-order chi connectivity index (χ1) is 13.8. The van der Waals surface area contributed by atoms with E-state index in [1.54, 1.807) is 18.6 Å². The van der Waals surface area contributed by atoms with Crippen molar-refractivity contribution in [2.24, 2.45) is 0 Å². The summed E-state index contributed by atoms with van der Waals surface area (Å²) < 4.78 is 1.31. The second-order valence-electron chi connectivity index (χ2n) is 7.60. The largest absolute Gasteiger partial charge is 0.309 e. The Morgan fingerprint density at radius 3 is 2.55 bits per heavy atom. The molecule has 6 radical (unpaired) electrons. The highest BCUT2D eigenvalue weighted by Crippen LogP contribution is 2.26. The van der Waals surface area contributed by atoms with Crippen LogP contribution >= 0.6 is 0 Å². The summed E-state index contributed by atoms with van der Waals surface area (Å²) in [6, 6.07) is 7.63. The molecule has 1 aliphatic heterocycles. The number of aromatic nitrogens is 3. The average Bonchev–Trinajstić information content (AvgIpc) is 3.38. The first-order valence-corrected chi connectivity index (χ1v) is 9.68. The molecule has 29 heavy (non-hydrogen) atoms. The molecule has 1 aliphatic rings. The smallest absolute Gasteiger partial charge is 0.242 e. The number of fused-ring (bicyclic) bond motifs is 1. The Balaban J connectivity index is 1.56. The number of carbonyl (C=O) groups excluding carboxylic acids is 1. The lowest BCUT2D eigenvalue weighted by Gasteiger charge is -2.22. The van der Waals surface area contributed by atoms with Crippen LogP contribution in [0.1, 0.15) is 19.8 Å². The van der Waals surface area contributed by atoms with Gasteiger partial charge in [0.15, 0.2) is 0 Å². The van der Waals surface area contributed by atoms with Gasteiger partial charge in [0.1, 0.15) is 5.82 Å². The van der Waals surface area contributed by atoms with E-state index in [9.17, 15) is 4.79 Å². The number of hydrogen-bond donors (Lipinski definition) is 1. The maximum Gasteiger partial charge on any atom is 0.242 e. The zero-order valence-electron chi connectivity index (χ0n) is 16.4. The van der Waals surface area contributed by atoms with E-state index in [0.717, 1.165) is 47.8 Å². The molecule has 0 aliphatic carbocycles. The minimum Gasteiger partial charge on any atom is -0.309 e. The molecule has 0 spiro atoms. The predicted octanol–water partition coefficient (Wildman–Crippen LogP) is 1.59. The van der Waals surface area contributed by atoms with Gasteiger partial charge < -0.3 is 5.32 Å². The van der Waals surface area contributed by atoms with E-state index in [1.165, 1.54) is 4.68 Å². The van der Waals surface area contributed by atoms with E-state index in [0.29, 0.717) is 5.82 Å². The van der Waals surface area contributed by atoms with Crippen LogP contribution < -0.4 is 5.32 Å². The van der Waals surface area contributed by atoms with Crippen molar-refractivity contribution in [3.05, 3.63) is 42.9 Å². The van der Waals surface area contributed by atoms with Gasteiger partial charge in [-0.1, -0.05) is 12.1 Å². The van der Waals surface area contributed by atoms with Gasteiger partial charge in [0, 0.05) is 23.3 Å². The van der Waals surface area contributed by atoms with Crippen LogP contribution in [0.4, 0.5) is 5.82 Å². The summed E-state index contributed by atoms with van der Waals surface area (Å²) in [5.74, 6) is 0.493. The van der Waals surface area contributed by atoms with E-state index in [-0.39, 0.29) is 11.9 Å². The third-order valence-electron chi connectivity index (χ3n) is 5.35. The molecule has 9 heteroatoms. The highest BCUT2D eigenvalue weighted by Gasteiger charge is 2.24. The molecule has 1 amide bonds. The van der Waals surface area contributed by atoms with Gasteiger partial charge in [-0.2, -0.15) is 5.10 Å². The molecular weight excluding hydrogens is 359 g/mol. The van der Waals surface area contributed by atoms with Crippen LogP contribution in [-0.4, -0.2) is 68.2 Å². The van der Waals surface area contributed by atoms with Crippen molar-refractivity contribution in [3.63, 3.8) is 0 Å². The Hall–Kier alpha value is -2.54. The van der Waals surface area contributed by atoms with Crippen LogP contribution in [0, 0.1) is 0 Å². The average molecular weight is 379 g/mol. The Morgan fingerprint density at radius 2 is 1.86 bits per heavy atom. The van der Waals surface area contributed by atoms with Crippen molar-refractivity contribution in [1.29, 1.82) is 0 Å². The molecule has 6 nitrogen and oxygen atoms in total. The van der Waals surface area contributed by atoms with Crippen molar-refractivity contribution in [3.8, 4) is 11.1 Å². The van der Waals surface area contributed by atoms with Gasteiger partial charge in [0.05, 0.1) is 35.8 Å². The maximum atomic E-state index is 12.6. The monoisotopic (exact) mass is 379 g/mol. The van der Waals surface area contributed by atoms with Crippen molar-refractivity contribution >= 4 is 46.0 Å². The van der Waals surface area contributed by atoms with Crippen LogP contribution in [-0.2, 0) is 10.0 Å². The molecule has 0 bridgehead atoms. The van der Waals surface area contributed by atoms with Crippen molar-refractivity contribution in [1.82, 2.24) is 19.7 Å². The molecule has 2 aromatic heterocycles.